The second kappa shape index (κ2) is 4.85. The summed E-state index contributed by atoms with van der Waals surface area (Å²) in [5.41, 5.74) is 0.501. The highest BCUT2D eigenvalue weighted by Crippen LogP contribution is 2.45. The predicted molar refractivity (Wildman–Crippen MR) is 70.5 cm³/mol. The molecule has 0 bridgehead atoms. The summed E-state index contributed by atoms with van der Waals surface area (Å²) in [7, 11) is 0. The number of likely N-dealkylation sites (tertiary alicyclic amines) is 1. The average molecular weight is 261 g/mol. The van der Waals surface area contributed by atoms with E-state index in [1.54, 1.807) is 4.90 Å². The molecule has 3 rings (SSSR count). The molecule has 1 heterocycles. The molecule has 1 N–H and O–H groups in total. The van der Waals surface area contributed by atoms with Gasteiger partial charge in [0.05, 0.1) is 5.60 Å². The highest BCUT2D eigenvalue weighted by Gasteiger charge is 2.50. The average Bonchev–Trinajstić information content (AvgIpc) is 3.00. The first-order chi connectivity index (χ1) is 9.17. The van der Waals surface area contributed by atoms with E-state index < -0.39 is 5.60 Å². The summed E-state index contributed by atoms with van der Waals surface area (Å²) in [6.45, 7) is 1.63. The molecule has 102 valence electrons. The van der Waals surface area contributed by atoms with Gasteiger partial charge in [0.15, 0.2) is 0 Å². The van der Waals surface area contributed by atoms with Gasteiger partial charge in [0.2, 0.25) is 0 Å². The number of amides is 1. The van der Waals surface area contributed by atoms with Gasteiger partial charge in [-0.3, -0.25) is 0 Å². The van der Waals surface area contributed by atoms with E-state index in [9.17, 15) is 9.90 Å². The van der Waals surface area contributed by atoms with Gasteiger partial charge in [-0.25, -0.2) is 4.79 Å². The third-order valence-electron chi connectivity index (χ3n) is 4.17. The van der Waals surface area contributed by atoms with Gasteiger partial charge >= 0.3 is 6.09 Å². The molecule has 4 nitrogen and oxygen atoms in total. The second-order valence-electron chi connectivity index (χ2n) is 5.58. The molecule has 0 spiro atoms. The van der Waals surface area contributed by atoms with E-state index in [1.807, 2.05) is 30.3 Å². The first-order valence-corrected chi connectivity index (χ1v) is 6.85. The number of aliphatic hydroxyl groups is 1. The van der Waals surface area contributed by atoms with Crippen molar-refractivity contribution in [3.8, 4) is 0 Å². The van der Waals surface area contributed by atoms with Crippen LogP contribution in [0.2, 0.25) is 0 Å². The Morgan fingerprint density at radius 3 is 2.79 bits per heavy atom. The largest absolute Gasteiger partial charge is 0.445 e. The molecule has 1 saturated heterocycles. The Labute approximate surface area is 113 Å². The van der Waals surface area contributed by atoms with E-state index in [4.69, 9.17) is 4.74 Å². The number of rotatable bonds is 3. The molecule has 1 aromatic rings. The van der Waals surface area contributed by atoms with E-state index in [-0.39, 0.29) is 12.0 Å². The van der Waals surface area contributed by atoms with Gasteiger partial charge in [-0.05, 0) is 24.8 Å². The summed E-state index contributed by atoms with van der Waals surface area (Å²) in [5, 5.41) is 10.1. The van der Waals surface area contributed by atoms with E-state index >= 15 is 0 Å². The van der Waals surface area contributed by atoms with Crippen LogP contribution in [0, 0.1) is 5.92 Å². The Balaban J connectivity index is 1.49. The van der Waals surface area contributed by atoms with Crippen molar-refractivity contribution in [2.75, 3.05) is 13.1 Å². The minimum absolute atomic E-state index is 0.233. The van der Waals surface area contributed by atoms with Crippen LogP contribution in [0.15, 0.2) is 30.3 Å². The fourth-order valence-electron chi connectivity index (χ4n) is 2.71. The summed E-state index contributed by atoms with van der Waals surface area (Å²) in [4.78, 5) is 13.6. The fourth-order valence-corrected chi connectivity index (χ4v) is 2.71. The predicted octanol–water partition coefficient (Wildman–Crippen LogP) is 2.17. The maximum Gasteiger partial charge on any atom is 0.410 e. The second-order valence-corrected chi connectivity index (χ2v) is 5.58. The fraction of sp³-hybridized carbons (Fsp3) is 0.533. The van der Waals surface area contributed by atoms with Crippen molar-refractivity contribution >= 4 is 6.09 Å². The lowest BCUT2D eigenvalue weighted by Crippen LogP contribution is -2.32. The van der Waals surface area contributed by atoms with Crippen LogP contribution in [0.3, 0.4) is 0 Å². The SMILES string of the molecule is O=C(OCc1ccccc1)N1CCC(C2(O)CC2)C1. The lowest BCUT2D eigenvalue weighted by molar-refractivity contribution is 0.0765. The van der Waals surface area contributed by atoms with Gasteiger partial charge in [-0.15, -0.1) is 0 Å². The topological polar surface area (TPSA) is 49.8 Å². The maximum atomic E-state index is 11.9. The molecule has 1 atom stereocenters. The molecule has 4 heteroatoms. The third-order valence-corrected chi connectivity index (χ3v) is 4.17. The van der Waals surface area contributed by atoms with E-state index in [2.05, 4.69) is 0 Å². The molecule has 1 aliphatic heterocycles. The molecule has 19 heavy (non-hydrogen) atoms. The van der Waals surface area contributed by atoms with E-state index in [0.717, 1.165) is 24.8 Å². The van der Waals surface area contributed by atoms with Crippen molar-refractivity contribution < 1.29 is 14.6 Å². The van der Waals surface area contributed by atoms with Crippen LogP contribution in [-0.2, 0) is 11.3 Å². The number of carbonyl (C=O) groups excluding carboxylic acids is 1. The van der Waals surface area contributed by atoms with Crippen LogP contribution >= 0.6 is 0 Å². The number of hydrogen-bond donors (Lipinski definition) is 1. The van der Waals surface area contributed by atoms with Crippen molar-refractivity contribution in [1.29, 1.82) is 0 Å². The van der Waals surface area contributed by atoms with Crippen LogP contribution in [0.4, 0.5) is 4.79 Å². The van der Waals surface area contributed by atoms with Gasteiger partial charge in [-0.1, -0.05) is 30.3 Å². The molecule has 2 aliphatic rings. The minimum atomic E-state index is -0.492. The summed E-state index contributed by atoms with van der Waals surface area (Å²) in [5.74, 6) is 0.233. The summed E-state index contributed by atoms with van der Waals surface area (Å²) in [6, 6.07) is 9.67. The van der Waals surface area contributed by atoms with Crippen LogP contribution in [0.25, 0.3) is 0 Å². The number of nitrogens with zero attached hydrogens (tertiary/aromatic N) is 1. The maximum absolute atomic E-state index is 11.9. The van der Waals surface area contributed by atoms with Crippen LogP contribution in [-0.4, -0.2) is 34.8 Å². The van der Waals surface area contributed by atoms with Crippen LogP contribution < -0.4 is 0 Å². The quantitative estimate of drug-likeness (QED) is 0.907. The summed E-state index contributed by atoms with van der Waals surface area (Å²) < 4.78 is 5.30. The van der Waals surface area contributed by atoms with Crippen LogP contribution in [0.5, 0.6) is 0 Å². The Morgan fingerprint density at radius 1 is 1.37 bits per heavy atom. The Hall–Kier alpha value is -1.55. The molecule has 1 unspecified atom stereocenters. The summed E-state index contributed by atoms with van der Waals surface area (Å²) >= 11 is 0. The summed E-state index contributed by atoms with van der Waals surface area (Å²) in [6.07, 6.45) is 2.38. The van der Waals surface area contributed by atoms with Crippen molar-refractivity contribution in [3.05, 3.63) is 35.9 Å². The lowest BCUT2D eigenvalue weighted by atomic mass is 10.00. The molecular formula is C15H19NO3. The van der Waals surface area contributed by atoms with Crippen LogP contribution in [0.1, 0.15) is 24.8 Å². The zero-order chi connectivity index (χ0) is 13.3. The smallest absolute Gasteiger partial charge is 0.410 e. The first-order valence-electron chi connectivity index (χ1n) is 6.85. The Morgan fingerprint density at radius 2 is 2.11 bits per heavy atom. The van der Waals surface area contributed by atoms with Gasteiger partial charge < -0.3 is 14.7 Å². The number of carbonyl (C=O) groups is 1. The molecule has 2 fully saturated rings. The monoisotopic (exact) mass is 261 g/mol. The molecule has 1 amide bonds. The van der Waals surface area contributed by atoms with Crippen molar-refractivity contribution in [2.45, 2.75) is 31.5 Å². The third kappa shape index (κ3) is 2.73. The van der Waals surface area contributed by atoms with E-state index in [1.165, 1.54) is 0 Å². The van der Waals surface area contributed by atoms with Crippen molar-refractivity contribution in [3.63, 3.8) is 0 Å². The molecule has 1 aliphatic carbocycles. The highest BCUT2D eigenvalue weighted by atomic mass is 16.6. The van der Waals surface area contributed by atoms with Gasteiger partial charge in [-0.2, -0.15) is 0 Å². The van der Waals surface area contributed by atoms with Gasteiger partial charge in [0.1, 0.15) is 6.61 Å². The van der Waals surface area contributed by atoms with Gasteiger partial charge in [0.25, 0.3) is 0 Å². The molecule has 0 aromatic heterocycles. The lowest BCUT2D eigenvalue weighted by Gasteiger charge is -2.18. The molecule has 1 saturated carbocycles. The number of benzene rings is 1. The van der Waals surface area contributed by atoms with Gasteiger partial charge in [0, 0.05) is 19.0 Å². The zero-order valence-electron chi connectivity index (χ0n) is 10.9. The zero-order valence-corrected chi connectivity index (χ0v) is 10.9. The Bertz CT molecular complexity index is 456. The number of hydrogen-bond acceptors (Lipinski definition) is 3. The molecule has 0 radical (unpaired) electrons. The van der Waals surface area contributed by atoms with Crippen molar-refractivity contribution in [2.24, 2.45) is 5.92 Å². The Kier molecular flexibility index (Phi) is 3.19. The highest BCUT2D eigenvalue weighted by molar-refractivity contribution is 5.68. The molecule has 1 aromatic carbocycles. The minimum Gasteiger partial charge on any atom is -0.445 e. The first kappa shape index (κ1) is 12.5. The van der Waals surface area contributed by atoms with Crippen molar-refractivity contribution in [1.82, 2.24) is 4.90 Å². The normalized spacial score (nSPS) is 24.3. The standard InChI is InChI=1S/C15H19NO3/c17-14(19-11-12-4-2-1-3-5-12)16-9-6-13(10-16)15(18)7-8-15/h1-5,13,18H,6-11H2. The van der Waals surface area contributed by atoms with E-state index in [0.29, 0.717) is 19.7 Å². The number of ether oxygens (including phenoxy) is 1. The molecular weight excluding hydrogens is 242 g/mol.